The Morgan fingerprint density at radius 3 is 2.68 bits per heavy atom. The number of nitrogens with zero attached hydrogens (tertiary/aromatic N) is 4. The average Bonchev–Trinajstić information content (AvgIpc) is 3.56. The summed E-state index contributed by atoms with van der Waals surface area (Å²) >= 11 is 5.89. The molecule has 3 aromatic rings. The maximum atomic E-state index is 13.2. The Morgan fingerprint density at radius 2 is 2.03 bits per heavy atom. The molecule has 3 heterocycles. The van der Waals surface area contributed by atoms with Crippen LogP contribution in [0.5, 0.6) is 5.88 Å². The summed E-state index contributed by atoms with van der Waals surface area (Å²) in [5, 5.41) is 21.5. The Hall–Kier alpha value is -3.06. The number of aliphatic hydroxyl groups excluding tert-OH is 1. The van der Waals surface area contributed by atoms with E-state index in [0.29, 0.717) is 35.2 Å². The number of pyridine rings is 1. The second kappa shape index (κ2) is 9.67. The first-order chi connectivity index (χ1) is 17.6. The van der Waals surface area contributed by atoms with Gasteiger partial charge in [0.2, 0.25) is 10.0 Å². The summed E-state index contributed by atoms with van der Waals surface area (Å²) in [6.07, 6.45) is 2.01. The third-order valence-electron chi connectivity index (χ3n) is 6.90. The van der Waals surface area contributed by atoms with E-state index in [1.54, 1.807) is 24.3 Å². The normalized spacial score (nSPS) is 19.2. The number of sulfonamides is 1. The van der Waals surface area contributed by atoms with Gasteiger partial charge in [-0.3, -0.25) is 9.59 Å². The maximum absolute atomic E-state index is 13.2. The molecule has 0 bridgehead atoms. The lowest BCUT2D eigenvalue weighted by Gasteiger charge is -2.23. The summed E-state index contributed by atoms with van der Waals surface area (Å²) in [5.41, 5.74) is 0.499. The molecule has 1 saturated carbocycles. The van der Waals surface area contributed by atoms with E-state index in [4.69, 9.17) is 16.3 Å². The van der Waals surface area contributed by atoms with Crippen LogP contribution in [0.3, 0.4) is 0 Å². The lowest BCUT2D eigenvalue weighted by Crippen LogP contribution is -2.42. The molecule has 0 unspecified atom stereocenters. The van der Waals surface area contributed by atoms with Gasteiger partial charge in [-0.1, -0.05) is 23.7 Å². The van der Waals surface area contributed by atoms with Crippen molar-refractivity contribution in [2.75, 3.05) is 19.7 Å². The number of benzene rings is 1. The van der Waals surface area contributed by atoms with Crippen LogP contribution in [0.25, 0.3) is 10.9 Å². The van der Waals surface area contributed by atoms with Crippen molar-refractivity contribution in [2.45, 2.75) is 36.7 Å². The van der Waals surface area contributed by atoms with Crippen molar-refractivity contribution in [3.63, 3.8) is 0 Å². The number of ether oxygens (including phenoxy) is 1. The SMILES string of the molecule is Cn1c(=O)c(C(=O)NCc2ccc(Cl)cc2)cc2cnnc(OCC3(S(=O)(=O)N4CC[C@@H](O)C4)CC3)c21. The molecule has 5 rings (SSSR count). The van der Waals surface area contributed by atoms with Crippen LogP contribution in [0, 0.1) is 0 Å². The van der Waals surface area contributed by atoms with Gasteiger partial charge in [0.15, 0.2) is 0 Å². The monoisotopic (exact) mass is 547 g/mol. The van der Waals surface area contributed by atoms with Gasteiger partial charge in [-0.25, -0.2) is 8.42 Å². The van der Waals surface area contributed by atoms with Crippen molar-refractivity contribution in [1.29, 1.82) is 0 Å². The van der Waals surface area contributed by atoms with Crippen LogP contribution in [-0.2, 0) is 23.6 Å². The molecule has 1 aliphatic heterocycles. The van der Waals surface area contributed by atoms with Gasteiger partial charge in [0, 0.05) is 37.1 Å². The van der Waals surface area contributed by atoms with Crippen molar-refractivity contribution >= 4 is 38.4 Å². The zero-order valence-electron chi connectivity index (χ0n) is 20.1. The largest absolute Gasteiger partial charge is 0.473 e. The predicted octanol–water partition coefficient (Wildman–Crippen LogP) is 1.22. The molecule has 2 N–H and O–H groups in total. The minimum Gasteiger partial charge on any atom is -0.473 e. The molecule has 2 aromatic heterocycles. The Balaban J connectivity index is 1.36. The van der Waals surface area contributed by atoms with E-state index in [2.05, 4.69) is 15.5 Å². The number of amides is 1. The second-order valence-corrected chi connectivity index (χ2v) is 12.2. The first-order valence-corrected chi connectivity index (χ1v) is 13.6. The Bertz CT molecular complexity index is 1520. The molecule has 1 atom stereocenters. The topological polar surface area (TPSA) is 144 Å². The molecule has 196 valence electrons. The van der Waals surface area contributed by atoms with Crippen LogP contribution in [0.1, 0.15) is 35.2 Å². The van der Waals surface area contributed by atoms with E-state index in [9.17, 15) is 23.1 Å². The molecule has 0 spiro atoms. The molecule has 1 aromatic carbocycles. The van der Waals surface area contributed by atoms with Crippen LogP contribution < -0.4 is 15.6 Å². The van der Waals surface area contributed by atoms with Crippen LogP contribution in [0.4, 0.5) is 0 Å². The number of carbonyl (C=O) groups excluding carboxylic acids is 1. The highest BCUT2D eigenvalue weighted by Crippen LogP contribution is 2.46. The van der Waals surface area contributed by atoms with E-state index >= 15 is 0 Å². The van der Waals surface area contributed by atoms with Crippen LogP contribution >= 0.6 is 11.6 Å². The van der Waals surface area contributed by atoms with E-state index in [1.165, 1.54) is 28.2 Å². The fourth-order valence-electron chi connectivity index (χ4n) is 4.48. The summed E-state index contributed by atoms with van der Waals surface area (Å²) in [4.78, 5) is 25.9. The number of β-amino-alcohol motifs (C(OH)–C–C–N with tert-alkyl or cyclic N) is 1. The van der Waals surface area contributed by atoms with E-state index < -0.39 is 32.3 Å². The molecule has 0 radical (unpaired) electrons. The highest BCUT2D eigenvalue weighted by Gasteiger charge is 2.58. The van der Waals surface area contributed by atoms with Gasteiger partial charge in [-0.2, -0.15) is 9.40 Å². The van der Waals surface area contributed by atoms with Crippen molar-refractivity contribution in [2.24, 2.45) is 7.05 Å². The molecular formula is C24H26ClN5O6S. The summed E-state index contributed by atoms with van der Waals surface area (Å²) in [6.45, 7) is 0.407. The molecule has 1 aliphatic carbocycles. The molecule has 37 heavy (non-hydrogen) atoms. The Labute approximate surface area is 218 Å². The van der Waals surface area contributed by atoms with Crippen molar-refractivity contribution in [1.82, 2.24) is 24.4 Å². The van der Waals surface area contributed by atoms with Crippen molar-refractivity contribution in [3.05, 3.63) is 63.0 Å². The fraction of sp³-hybridized carbons (Fsp3) is 0.417. The predicted molar refractivity (Wildman–Crippen MR) is 136 cm³/mol. The molecule has 1 amide bonds. The highest BCUT2D eigenvalue weighted by molar-refractivity contribution is 7.90. The highest BCUT2D eigenvalue weighted by atomic mass is 35.5. The first kappa shape index (κ1) is 25.6. The van der Waals surface area contributed by atoms with Gasteiger partial charge >= 0.3 is 0 Å². The van der Waals surface area contributed by atoms with Gasteiger partial charge in [0.25, 0.3) is 17.3 Å². The van der Waals surface area contributed by atoms with E-state index in [0.717, 1.165) is 5.56 Å². The number of hydrogen-bond acceptors (Lipinski definition) is 8. The van der Waals surface area contributed by atoms with Gasteiger partial charge in [0.05, 0.1) is 12.3 Å². The standard InChI is InChI=1S/C24H26ClN5O6S/c1-29-20-16(10-19(23(29)33)21(32)26-11-15-2-4-17(25)5-3-15)12-27-28-22(20)36-14-24(7-8-24)37(34,35)30-9-6-18(31)13-30/h2-5,10,12,18,31H,6-9,11,13-14H2,1H3,(H,26,32)/t18-/m1/s1. The van der Waals surface area contributed by atoms with Gasteiger partial charge < -0.3 is 19.7 Å². The number of aliphatic hydroxyl groups is 1. The molecule has 13 heteroatoms. The zero-order chi connectivity index (χ0) is 26.4. The number of aromatic nitrogens is 3. The van der Waals surface area contributed by atoms with Crippen LogP contribution in [0.2, 0.25) is 5.02 Å². The van der Waals surface area contributed by atoms with Crippen LogP contribution in [0.15, 0.2) is 41.3 Å². The van der Waals surface area contributed by atoms with E-state index in [-0.39, 0.29) is 37.7 Å². The van der Waals surface area contributed by atoms with E-state index in [1.807, 2.05) is 0 Å². The third kappa shape index (κ3) is 4.81. The molecule has 2 aliphatic rings. The van der Waals surface area contributed by atoms with Gasteiger partial charge in [-0.05, 0) is 43.0 Å². The quantitative estimate of drug-likeness (QED) is 0.428. The molecular weight excluding hydrogens is 522 g/mol. The maximum Gasteiger partial charge on any atom is 0.263 e. The van der Waals surface area contributed by atoms with Crippen molar-refractivity contribution < 1.29 is 23.1 Å². The second-order valence-electron chi connectivity index (χ2n) is 9.46. The van der Waals surface area contributed by atoms with Gasteiger partial charge in [0.1, 0.15) is 22.4 Å². The average molecular weight is 548 g/mol. The van der Waals surface area contributed by atoms with Crippen molar-refractivity contribution in [3.8, 4) is 5.88 Å². The number of halogens is 1. The fourth-order valence-corrected chi connectivity index (χ4v) is 6.69. The molecule has 11 nitrogen and oxygen atoms in total. The Morgan fingerprint density at radius 1 is 1.30 bits per heavy atom. The summed E-state index contributed by atoms with van der Waals surface area (Å²) < 4.78 is 33.6. The number of nitrogens with one attached hydrogen (secondary N) is 1. The summed E-state index contributed by atoms with van der Waals surface area (Å²) in [7, 11) is -2.19. The number of fused-ring (bicyclic) bond motifs is 1. The number of rotatable bonds is 8. The van der Waals surface area contributed by atoms with Crippen LogP contribution in [-0.4, -0.2) is 69.0 Å². The summed E-state index contributed by atoms with van der Waals surface area (Å²) in [5.74, 6) is -0.541. The molecule has 2 fully saturated rings. The lowest BCUT2D eigenvalue weighted by atomic mass is 10.1. The lowest BCUT2D eigenvalue weighted by molar-refractivity contribution is 0.0949. The number of carbonyl (C=O) groups is 1. The number of aryl methyl sites for hydroxylation is 1. The first-order valence-electron chi connectivity index (χ1n) is 11.8. The molecule has 1 saturated heterocycles. The smallest absolute Gasteiger partial charge is 0.263 e. The minimum atomic E-state index is -3.68. The minimum absolute atomic E-state index is 0.00755. The third-order valence-corrected chi connectivity index (χ3v) is 9.78. The Kier molecular flexibility index (Phi) is 6.69. The number of hydrogen-bond donors (Lipinski definition) is 2. The zero-order valence-corrected chi connectivity index (χ0v) is 21.6. The van der Waals surface area contributed by atoms with Gasteiger partial charge in [-0.15, -0.1) is 5.10 Å². The summed E-state index contributed by atoms with van der Waals surface area (Å²) in [6, 6.07) is 8.40.